The Hall–Kier alpha value is -0.610. The van der Waals surface area contributed by atoms with Crippen molar-refractivity contribution in [3.63, 3.8) is 0 Å². The summed E-state index contributed by atoms with van der Waals surface area (Å²) in [6.45, 7) is 5.22. The van der Waals surface area contributed by atoms with Crippen molar-refractivity contribution < 1.29 is 4.74 Å². The molecule has 2 N–H and O–H groups in total. The van der Waals surface area contributed by atoms with Crippen molar-refractivity contribution in [2.45, 2.75) is 38.3 Å². The molecule has 1 aliphatic heterocycles. The third-order valence-corrected chi connectivity index (χ3v) is 4.79. The summed E-state index contributed by atoms with van der Waals surface area (Å²) in [5.74, 6) is 0.690. The van der Waals surface area contributed by atoms with Gasteiger partial charge in [-0.15, -0.1) is 0 Å². The van der Waals surface area contributed by atoms with Gasteiger partial charge in [0.1, 0.15) is 0 Å². The molecular formula is C17H27ClN2O. The summed E-state index contributed by atoms with van der Waals surface area (Å²) in [5.41, 5.74) is 7.69. The summed E-state index contributed by atoms with van der Waals surface area (Å²) in [7, 11) is 1.79. The molecule has 2 unspecified atom stereocenters. The van der Waals surface area contributed by atoms with Gasteiger partial charge in [-0.1, -0.05) is 30.7 Å². The van der Waals surface area contributed by atoms with Gasteiger partial charge in [0.05, 0.1) is 0 Å². The molecule has 0 aromatic heterocycles. The third kappa shape index (κ3) is 4.43. The van der Waals surface area contributed by atoms with Crippen molar-refractivity contribution in [3.8, 4) is 0 Å². The number of halogens is 1. The lowest BCUT2D eigenvalue weighted by atomic mass is 9.91. The van der Waals surface area contributed by atoms with Crippen molar-refractivity contribution in [1.29, 1.82) is 0 Å². The lowest BCUT2D eigenvalue weighted by Gasteiger charge is -2.40. The largest absolute Gasteiger partial charge is 0.384 e. The Kier molecular flexibility index (Phi) is 6.49. The molecule has 0 bridgehead atoms. The van der Waals surface area contributed by atoms with Crippen LogP contribution in [0.1, 0.15) is 37.8 Å². The maximum atomic E-state index is 6.41. The van der Waals surface area contributed by atoms with E-state index in [2.05, 4.69) is 24.0 Å². The second kappa shape index (κ2) is 8.14. The van der Waals surface area contributed by atoms with Crippen LogP contribution in [-0.2, 0) is 4.74 Å². The topological polar surface area (TPSA) is 38.5 Å². The molecule has 0 aliphatic carbocycles. The zero-order chi connectivity index (χ0) is 15.2. The van der Waals surface area contributed by atoms with Crippen LogP contribution in [0.3, 0.4) is 0 Å². The minimum atomic E-state index is 0.158. The molecule has 1 aromatic rings. The van der Waals surface area contributed by atoms with E-state index in [-0.39, 0.29) is 12.1 Å². The van der Waals surface area contributed by atoms with E-state index in [1.807, 2.05) is 12.1 Å². The van der Waals surface area contributed by atoms with Gasteiger partial charge in [0.25, 0.3) is 0 Å². The first-order chi connectivity index (χ1) is 10.2. The van der Waals surface area contributed by atoms with E-state index in [1.54, 1.807) is 7.11 Å². The Morgan fingerprint density at radius 1 is 1.29 bits per heavy atom. The fourth-order valence-electron chi connectivity index (χ4n) is 3.25. The molecule has 118 valence electrons. The standard InChI is InChI=1S/C17H27ClN2O/c1-3-16(19)17(14-4-6-15(18)7-5-14)20-10-8-13(9-11-20)12-21-2/h4-7,13,16-17H,3,8-12,19H2,1-2H3. The molecule has 2 atom stereocenters. The van der Waals surface area contributed by atoms with E-state index >= 15 is 0 Å². The molecule has 21 heavy (non-hydrogen) atoms. The first kappa shape index (κ1) is 16.8. The quantitative estimate of drug-likeness (QED) is 0.874. The van der Waals surface area contributed by atoms with Crippen molar-refractivity contribution in [2.75, 3.05) is 26.8 Å². The number of benzene rings is 1. The summed E-state index contributed by atoms with van der Waals surface area (Å²) in [6.07, 6.45) is 3.36. The van der Waals surface area contributed by atoms with E-state index in [9.17, 15) is 0 Å². The minimum absolute atomic E-state index is 0.158. The smallest absolute Gasteiger partial charge is 0.0499 e. The number of methoxy groups -OCH3 is 1. The summed E-state index contributed by atoms with van der Waals surface area (Å²) in [5, 5.41) is 0.779. The van der Waals surface area contributed by atoms with E-state index in [4.69, 9.17) is 22.1 Å². The van der Waals surface area contributed by atoms with Crippen LogP contribution < -0.4 is 5.73 Å². The number of nitrogens with zero attached hydrogens (tertiary/aromatic N) is 1. The highest BCUT2D eigenvalue weighted by Gasteiger charge is 2.29. The zero-order valence-corrected chi connectivity index (χ0v) is 13.9. The molecule has 3 nitrogen and oxygen atoms in total. The molecule has 2 rings (SSSR count). The molecular weight excluding hydrogens is 284 g/mol. The van der Waals surface area contributed by atoms with Crippen LogP contribution in [0, 0.1) is 5.92 Å². The Labute approximate surface area is 133 Å². The summed E-state index contributed by atoms with van der Waals surface area (Å²) in [6, 6.07) is 8.60. The SMILES string of the molecule is CCC(N)C(c1ccc(Cl)cc1)N1CCC(COC)CC1. The first-order valence-corrected chi connectivity index (χ1v) is 8.27. The lowest BCUT2D eigenvalue weighted by Crippen LogP contribution is -2.45. The molecule has 1 saturated heterocycles. The Balaban J connectivity index is 2.09. The van der Waals surface area contributed by atoms with Gasteiger partial charge >= 0.3 is 0 Å². The van der Waals surface area contributed by atoms with Gasteiger partial charge in [0.15, 0.2) is 0 Å². The first-order valence-electron chi connectivity index (χ1n) is 7.89. The van der Waals surface area contributed by atoms with Crippen LogP contribution in [0.4, 0.5) is 0 Å². The molecule has 0 radical (unpaired) electrons. The Morgan fingerprint density at radius 3 is 2.43 bits per heavy atom. The molecule has 1 heterocycles. The molecule has 1 fully saturated rings. The zero-order valence-electron chi connectivity index (χ0n) is 13.1. The van der Waals surface area contributed by atoms with E-state index < -0.39 is 0 Å². The van der Waals surface area contributed by atoms with Gasteiger partial charge in [0.2, 0.25) is 0 Å². The minimum Gasteiger partial charge on any atom is -0.384 e. The number of ether oxygens (including phenoxy) is 1. The number of hydrogen-bond donors (Lipinski definition) is 1. The second-order valence-electron chi connectivity index (χ2n) is 6.00. The Morgan fingerprint density at radius 2 is 1.90 bits per heavy atom. The molecule has 0 spiro atoms. The molecule has 0 saturated carbocycles. The summed E-state index contributed by atoms with van der Waals surface area (Å²) < 4.78 is 5.29. The number of likely N-dealkylation sites (tertiary alicyclic amines) is 1. The van der Waals surface area contributed by atoms with Crippen molar-refractivity contribution >= 4 is 11.6 Å². The van der Waals surface area contributed by atoms with E-state index in [1.165, 1.54) is 18.4 Å². The molecule has 0 amide bonds. The van der Waals surface area contributed by atoms with Gasteiger partial charge in [-0.2, -0.15) is 0 Å². The number of rotatable bonds is 6. The fourth-order valence-corrected chi connectivity index (χ4v) is 3.37. The van der Waals surface area contributed by atoms with Crippen molar-refractivity contribution in [1.82, 2.24) is 4.90 Å². The highest BCUT2D eigenvalue weighted by Crippen LogP contribution is 2.30. The van der Waals surface area contributed by atoms with Gasteiger partial charge in [0, 0.05) is 30.8 Å². The van der Waals surface area contributed by atoms with Crippen molar-refractivity contribution in [3.05, 3.63) is 34.9 Å². The number of piperidine rings is 1. The fraction of sp³-hybridized carbons (Fsp3) is 0.647. The Bertz CT molecular complexity index is 415. The van der Waals surface area contributed by atoms with Crippen LogP contribution >= 0.6 is 11.6 Å². The molecule has 1 aliphatic rings. The predicted molar refractivity (Wildman–Crippen MR) is 88.6 cm³/mol. The molecule has 1 aromatic carbocycles. The van der Waals surface area contributed by atoms with Crippen molar-refractivity contribution in [2.24, 2.45) is 11.7 Å². The van der Waals surface area contributed by atoms with E-state index in [0.717, 1.165) is 31.1 Å². The van der Waals surface area contributed by atoms with Gasteiger partial charge < -0.3 is 10.5 Å². The average Bonchev–Trinajstić information content (AvgIpc) is 2.51. The predicted octanol–water partition coefficient (Wildman–Crippen LogP) is 3.48. The number of nitrogens with two attached hydrogens (primary N) is 1. The second-order valence-corrected chi connectivity index (χ2v) is 6.44. The van der Waals surface area contributed by atoms with Gasteiger partial charge in [-0.05, 0) is 56.0 Å². The third-order valence-electron chi connectivity index (χ3n) is 4.53. The normalized spacial score (nSPS) is 20.4. The average molecular weight is 311 g/mol. The number of hydrogen-bond acceptors (Lipinski definition) is 3. The maximum Gasteiger partial charge on any atom is 0.0499 e. The van der Waals surface area contributed by atoms with Crippen LogP contribution in [0.2, 0.25) is 5.02 Å². The highest BCUT2D eigenvalue weighted by molar-refractivity contribution is 6.30. The summed E-state index contributed by atoms with van der Waals surface area (Å²) >= 11 is 6.01. The lowest BCUT2D eigenvalue weighted by molar-refractivity contribution is 0.0715. The maximum absolute atomic E-state index is 6.41. The van der Waals surface area contributed by atoms with Crippen LogP contribution in [-0.4, -0.2) is 37.7 Å². The van der Waals surface area contributed by atoms with Crippen LogP contribution in [0.5, 0.6) is 0 Å². The van der Waals surface area contributed by atoms with Crippen LogP contribution in [0.25, 0.3) is 0 Å². The van der Waals surface area contributed by atoms with Gasteiger partial charge in [-0.25, -0.2) is 0 Å². The molecule has 4 heteroatoms. The summed E-state index contributed by atoms with van der Waals surface area (Å²) in [4.78, 5) is 2.53. The van der Waals surface area contributed by atoms with E-state index in [0.29, 0.717) is 5.92 Å². The van der Waals surface area contributed by atoms with Gasteiger partial charge in [-0.3, -0.25) is 4.90 Å². The highest BCUT2D eigenvalue weighted by atomic mass is 35.5. The monoisotopic (exact) mass is 310 g/mol. The van der Waals surface area contributed by atoms with Crippen LogP contribution in [0.15, 0.2) is 24.3 Å².